The van der Waals surface area contributed by atoms with Crippen molar-refractivity contribution >= 4 is 11.7 Å². The molecule has 19 heavy (non-hydrogen) atoms. The Bertz CT molecular complexity index is 448. The van der Waals surface area contributed by atoms with Gasteiger partial charge in [0.25, 0.3) is 0 Å². The third kappa shape index (κ3) is 5.04. The van der Waals surface area contributed by atoms with Gasteiger partial charge in [0.05, 0.1) is 25.0 Å². The van der Waals surface area contributed by atoms with E-state index in [0.717, 1.165) is 0 Å². The van der Waals surface area contributed by atoms with Crippen LogP contribution in [0.5, 0.6) is 5.75 Å². The number of benzene rings is 1. The molecule has 0 aliphatic rings. The van der Waals surface area contributed by atoms with Crippen molar-refractivity contribution in [2.45, 2.75) is 6.36 Å². The van der Waals surface area contributed by atoms with Gasteiger partial charge in [0, 0.05) is 0 Å². The zero-order valence-electron chi connectivity index (χ0n) is 9.99. The number of hydrogen-bond acceptors (Lipinski definition) is 5. The normalized spacial score (nSPS) is 11.2. The SMILES string of the molecule is COC(=O)c1ccc(OCCOC(F)(F)F)c(N)c1. The molecule has 0 bridgehead atoms. The average Bonchev–Trinajstić information content (AvgIpc) is 2.33. The molecule has 0 aliphatic carbocycles. The van der Waals surface area contributed by atoms with E-state index in [1.165, 1.54) is 25.3 Å². The van der Waals surface area contributed by atoms with E-state index in [1.54, 1.807) is 0 Å². The topological polar surface area (TPSA) is 70.8 Å². The number of alkyl halides is 3. The summed E-state index contributed by atoms with van der Waals surface area (Å²) in [4.78, 5) is 11.2. The molecule has 0 spiro atoms. The number of anilines is 1. The summed E-state index contributed by atoms with van der Waals surface area (Å²) in [5.41, 5.74) is 5.93. The van der Waals surface area contributed by atoms with Gasteiger partial charge in [-0.15, -0.1) is 13.2 Å². The van der Waals surface area contributed by atoms with E-state index in [0.29, 0.717) is 0 Å². The van der Waals surface area contributed by atoms with E-state index in [4.69, 9.17) is 10.5 Å². The summed E-state index contributed by atoms with van der Waals surface area (Å²) in [7, 11) is 1.22. The van der Waals surface area contributed by atoms with E-state index in [1.807, 2.05) is 0 Å². The maximum atomic E-state index is 11.7. The molecule has 1 rings (SSSR count). The van der Waals surface area contributed by atoms with E-state index >= 15 is 0 Å². The lowest BCUT2D eigenvalue weighted by molar-refractivity contribution is -0.325. The number of carbonyl (C=O) groups excluding carboxylic acids is 1. The third-order valence-corrected chi connectivity index (χ3v) is 2.04. The molecule has 0 aliphatic heterocycles. The molecule has 0 radical (unpaired) electrons. The highest BCUT2D eigenvalue weighted by atomic mass is 19.4. The molecule has 1 aromatic rings. The zero-order chi connectivity index (χ0) is 14.5. The highest BCUT2D eigenvalue weighted by Crippen LogP contribution is 2.23. The van der Waals surface area contributed by atoms with Crippen LogP contribution in [0.1, 0.15) is 10.4 Å². The van der Waals surface area contributed by atoms with Crippen LogP contribution < -0.4 is 10.5 Å². The van der Waals surface area contributed by atoms with Crippen LogP contribution in [0.3, 0.4) is 0 Å². The first-order valence-electron chi connectivity index (χ1n) is 5.15. The summed E-state index contributed by atoms with van der Waals surface area (Å²) in [6.07, 6.45) is -4.69. The summed E-state index contributed by atoms with van der Waals surface area (Å²) < 4.78 is 48.1. The van der Waals surface area contributed by atoms with Crippen LogP contribution >= 0.6 is 0 Å². The molecule has 0 saturated heterocycles. The number of esters is 1. The number of rotatable bonds is 5. The minimum Gasteiger partial charge on any atom is -0.489 e. The van der Waals surface area contributed by atoms with E-state index in [9.17, 15) is 18.0 Å². The van der Waals surface area contributed by atoms with Gasteiger partial charge in [-0.1, -0.05) is 0 Å². The lowest BCUT2D eigenvalue weighted by Crippen LogP contribution is -2.18. The van der Waals surface area contributed by atoms with Crippen molar-refractivity contribution in [1.82, 2.24) is 0 Å². The maximum absolute atomic E-state index is 11.7. The Balaban J connectivity index is 2.54. The molecule has 0 unspecified atom stereocenters. The molecular weight excluding hydrogens is 267 g/mol. The molecule has 1 aromatic carbocycles. The smallest absolute Gasteiger partial charge is 0.489 e. The minimum atomic E-state index is -4.69. The second-order valence-corrected chi connectivity index (χ2v) is 3.39. The minimum absolute atomic E-state index is 0.120. The first kappa shape index (κ1) is 15.1. The van der Waals surface area contributed by atoms with Gasteiger partial charge in [-0.3, -0.25) is 4.74 Å². The largest absolute Gasteiger partial charge is 0.522 e. The van der Waals surface area contributed by atoms with Gasteiger partial charge in [-0.25, -0.2) is 4.79 Å². The van der Waals surface area contributed by atoms with Crippen molar-refractivity contribution in [3.63, 3.8) is 0 Å². The van der Waals surface area contributed by atoms with Crippen molar-refractivity contribution in [3.8, 4) is 5.75 Å². The number of nitrogen functional groups attached to an aromatic ring is 1. The number of hydrogen-bond donors (Lipinski definition) is 1. The molecule has 0 aromatic heterocycles. The summed E-state index contributed by atoms with van der Waals surface area (Å²) in [5, 5.41) is 0. The van der Waals surface area contributed by atoms with Gasteiger partial charge in [0.15, 0.2) is 0 Å². The highest BCUT2D eigenvalue weighted by molar-refractivity contribution is 5.90. The molecular formula is C11H12F3NO4. The Morgan fingerprint density at radius 3 is 2.53 bits per heavy atom. The summed E-state index contributed by atoms with van der Waals surface area (Å²) in [6, 6.07) is 4.07. The Labute approximate surface area is 107 Å². The second-order valence-electron chi connectivity index (χ2n) is 3.39. The molecule has 0 saturated carbocycles. The van der Waals surface area contributed by atoms with Crippen LogP contribution in [0.4, 0.5) is 18.9 Å². The van der Waals surface area contributed by atoms with Gasteiger partial charge in [0.1, 0.15) is 12.4 Å². The van der Waals surface area contributed by atoms with Gasteiger partial charge in [-0.2, -0.15) is 0 Å². The molecule has 8 heteroatoms. The monoisotopic (exact) mass is 279 g/mol. The first-order valence-corrected chi connectivity index (χ1v) is 5.15. The van der Waals surface area contributed by atoms with Crippen molar-refractivity contribution in [1.29, 1.82) is 0 Å². The molecule has 0 heterocycles. The maximum Gasteiger partial charge on any atom is 0.522 e. The highest BCUT2D eigenvalue weighted by Gasteiger charge is 2.28. The summed E-state index contributed by atoms with van der Waals surface area (Å²) in [5.74, 6) is -0.405. The Morgan fingerprint density at radius 2 is 2.00 bits per heavy atom. The molecule has 5 nitrogen and oxygen atoms in total. The van der Waals surface area contributed by atoms with Crippen molar-refractivity contribution in [3.05, 3.63) is 23.8 Å². The number of methoxy groups -OCH3 is 1. The Hall–Kier alpha value is -1.96. The Morgan fingerprint density at radius 1 is 1.32 bits per heavy atom. The van der Waals surface area contributed by atoms with Crippen molar-refractivity contribution < 1.29 is 32.2 Å². The molecule has 0 atom stereocenters. The quantitative estimate of drug-likeness (QED) is 0.507. The third-order valence-electron chi connectivity index (χ3n) is 2.04. The average molecular weight is 279 g/mol. The van der Waals surface area contributed by atoms with Gasteiger partial charge in [-0.05, 0) is 18.2 Å². The number of nitrogens with two attached hydrogens (primary N) is 1. The second kappa shape index (κ2) is 6.28. The van der Waals surface area contributed by atoms with Crippen molar-refractivity contribution in [2.24, 2.45) is 0 Å². The van der Waals surface area contributed by atoms with E-state index < -0.39 is 18.9 Å². The van der Waals surface area contributed by atoms with Crippen LogP contribution in [0.2, 0.25) is 0 Å². The van der Waals surface area contributed by atoms with Gasteiger partial charge < -0.3 is 15.2 Å². The number of ether oxygens (including phenoxy) is 3. The molecule has 2 N–H and O–H groups in total. The lowest BCUT2D eigenvalue weighted by Gasteiger charge is -2.11. The van der Waals surface area contributed by atoms with Gasteiger partial charge in [0.2, 0.25) is 0 Å². The van der Waals surface area contributed by atoms with Crippen LogP contribution in [-0.4, -0.2) is 32.7 Å². The van der Waals surface area contributed by atoms with Crippen LogP contribution in [-0.2, 0) is 9.47 Å². The standard InChI is InChI=1S/C11H12F3NO4/c1-17-10(16)7-2-3-9(8(15)6-7)18-4-5-19-11(12,13)14/h2-3,6H,4-5,15H2,1H3. The molecule has 0 amide bonds. The summed E-state index contributed by atoms with van der Waals surface area (Å²) >= 11 is 0. The van der Waals surface area contributed by atoms with Crippen LogP contribution in [0.25, 0.3) is 0 Å². The Kier molecular flexibility index (Phi) is 4.99. The fourth-order valence-corrected chi connectivity index (χ4v) is 1.23. The number of halogens is 3. The fraction of sp³-hybridized carbons (Fsp3) is 0.364. The molecule has 0 fully saturated rings. The zero-order valence-corrected chi connectivity index (χ0v) is 9.99. The molecule has 106 valence electrons. The summed E-state index contributed by atoms with van der Waals surface area (Å²) in [6.45, 7) is -0.969. The van der Waals surface area contributed by atoms with Crippen molar-refractivity contribution in [2.75, 3.05) is 26.1 Å². The van der Waals surface area contributed by atoms with E-state index in [2.05, 4.69) is 9.47 Å². The number of carbonyl (C=O) groups is 1. The van der Waals surface area contributed by atoms with Crippen LogP contribution in [0.15, 0.2) is 18.2 Å². The predicted molar refractivity (Wildman–Crippen MR) is 59.7 cm³/mol. The fourth-order valence-electron chi connectivity index (χ4n) is 1.23. The lowest BCUT2D eigenvalue weighted by atomic mass is 10.2. The predicted octanol–water partition coefficient (Wildman–Crippen LogP) is 1.97. The van der Waals surface area contributed by atoms with E-state index in [-0.39, 0.29) is 23.6 Å². The van der Waals surface area contributed by atoms with Crippen LogP contribution in [0, 0.1) is 0 Å². The first-order chi connectivity index (χ1) is 8.83. The van der Waals surface area contributed by atoms with Gasteiger partial charge >= 0.3 is 12.3 Å².